The van der Waals surface area contributed by atoms with E-state index in [9.17, 15) is 13.2 Å². The number of likely N-dealkylation sites (N-methyl/N-ethyl adjacent to an activating group) is 1. The van der Waals surface area contributed by atoms with Crippen LogP contribution in [0.2, 0.25) is 0 Å². The van der Waals surface area contributed by atoms with Crippen LogP contribution in [0.5, 0.6) is 0 Å². The summed E-state index contributed by atoms with van der Waals surface area (Å²) in [6, 6.07) is 3.90. The quantitative estimate of drug-likeness (QED) is 0.652. The fourth-order valence-electron chi connectivity index (χ4n) is 4.34. The summed E-state index contributed by atoms with van der Waals surface area (Å²) in [7, 11) is 0.251. The molecule has 1 amide bonds. The van der Waals surface area contributed by atoms with Crippen LogP contribution >= 0.6 is 0 Å². The van der Waals surface area contributed by atoms with E-state index in [0.29, 0.717) is 38.3 Å². The van der Waals surface area contributed by atoms with E-state index < -0.39 is 10.0 Å². The number of carbonyl (C=O) groups excluding carboxylic acids is 1. The molecule has 11 heteroatoms. The van der Waals surface area contributed by atoms with Gasteiger partial charge in [-0.05, 0) is 32.9 Å². The summed E-state index contributed by atoms with van der Waals surface area (Å²) < 4.78 is 28.9. The maximum absolute atomic E-state index is 12.9. The molecule has 33 heavy (non-hydrogen) atoms. The Morgan fingerprint density at radius 2 is 1.82 bits per heavy atom. The van der Waals surface area contributed by atoms with Crippen LogP contribution in [0.1, 0.15) is 24.2 Å². The van der Waals surface area contributed by atoms with Gasteiger partial charge in [0.05, 0.1) is 0 Å². The minimum atomic E-state index is -3.64. The van der Waals surface area contributed by atoms with Crippen molar-refractivity contribution in [3.63, 3.8) is 0 Å². The normalized spacial score (nSPS) is 19.1. The fourth-order valence-corrected chi connectivity index (χ4v) is 5.83. The highest BCUT2D eigenvalue weighted by Crippen LogP contribution is 2.24. The van der Waals surface area contributed by atoms with E-state index >= 15 is 0 Å². The number of nitrogens with zero attached hydrogens (tertiary/aromatic N) is 6. The van der Waals surface area contributed by atoms with E-state index in [2.05, 4.69) is 32.1 Å². The predicted octanol–water partition coefficient (Wildman–Crippen LogP) is 0.592. The molecule has 2 aliphatic heterocycles. The number of piperazine rings is 1. The third kappa shape index (κ3) is 5.20. The molecule has 0 aliphatic carbocycles. The van der Waals surface area contributed by atoms with Gasteiger partial charge in [0.15, 0.2) is 5.03 Å². The Bertz CT molecular complexity index is 1070. The van der Waals surface area contributed by atoms with Crippen molar-refractivity contribution in [1.29, 1.82) is 0 Å². The maximum atomic E-state index is 12.9. The molecule has 0 saturated carbocycles. The minimum absolute atomic E-state index is 0.0334. The van der Waals surface area contributed by atoms with Gasteiger partial charge in [-0.25, -0.2) is 18.4 Å². The van der Waals surface area contributed by atoms with Crippen LogP contribution in [0.3, 0.4) is 0 Å². The summed E-state index contributed by atoms with van der Waals surface area (Å²) in [5.41, 5.74) is 1.00. The number of hydrogen-bond donors (Lipinski definition) is 1. The first kappa shape index (κ1) is 23.7. The summed E-state index contributed by atoms with van der Waals surface area (Å²) in [4.78, 5) is 26.1. The van der Waals surface area contributed by atoms with Crippen molar-refractivity contribution in [3.05, 3.63) is 35.9 Å². The lowest BCUT2D eigenvalue weighted by molar-refractivity contribution is -0.126. The molecule has 180 valence electrons. The summed E-state index contributed by atoms with van der Waals surface area (Å²) >= 11 is 0. The number of aryl methyl sites for hydroxylation is 2. The van der Waals surface area contributed by atoms with Crippen molar-refractivity contribution in [2.45, 2.75) is 31.3 Å². The van der Waals surface area contributed by atoms with Gasteiger partial charge >= 0.3 is 0 Å². The van der Waals surface area contributed by atoms with Crippen LogP contribution in [0.4, 0.5) is 5.82 Å². The number of aromatic nitrogens is 3. The third-order valence-corrected chi connectivity index (χ3v) is 8.41. The van der Waals surface area contributed by atoms with Crippen LogP contribution < -0.4 is 10.2 Å². The molecular weight excluding hydrogens is 442 g/mol. The number of pyridine rings is 1. The molecule has 2 aromatic heterocycles. The Hall–Kier alpha value is -2.50. The second-order valence-electron chi connectivity index (χ2n) is 8.91. The van der Waals surface area contributed by atoms with Crippen molar-refractivity contribution >= 4 is 21.7 Å². The van der Waals surface area contributed by atoms with Crippen LogP contribution in [0.25, 0.3) is 0 Å². The molecule has 0 atom stereocenters. The van der Waals surface area contributed by atoms with Crippen molar-refractivity contribution in [2.24, 2.45) is 13.0 Å². The zero-order chi connectivity index (χ0) is 23.6. The monoisotopic (exact) mass is 475 g/mol. The first-order chi connectivity index (χ1) is 15.8. The first-order valence-electron chi connectivity index (χ1n) is 11.4. The molecule has 10 nitrogen and oxygen atoms in total. The number of anilines is 1. The highest BCUT2D eigenvalue weighted by Gasteiger charge is 2.33. The minimum Gasteiger partial charge on any atom is -0.354 e. The second kappa shape index (κ2) is 9.78. The summed E-state index contributed by atoms with van der Waals surface area (Å²) in [6.07, 6.45) is 4.32. The van der Waals surface area contributed by atoms with E-state index in [0.717, 1.165) is 37.6 Å². The average Bonchev–Trinajstić information content (AvgIpc) is 3.17. The van der Waals surface area contributed by atoms with Gasteiger partial charge in [-0.1, -0.05) is 6.07 Å². The van der Waals surface area contributed by atoms with Crippen molar-refractivity contribution in [2.75, 3.05) is 51.2 Å². The molecule has 0 aromatic carbocycles. The zero-order valence-electron chi connectivity index (χ0n) is 19.6. The molecule has 0 bridgehead atoms. The predicted molar refractivity (Wildman–Crippen MR) is 125 cm³/mol. The van der Waals surface area contributed by atoms with Gasteiger partial charge in [0, 0.05) is 76.7 Å². The van der Waals surface area contributed by atoms with E-state index in [1.165, 1.54) is 10.5 Å². The molecular formula is C22H33N7O3S. The lowest BCUT2D eigenvalue weighted by Gasteiger charge is -2.34. The topological polar surface area (TPSA) is 104 Å². The Morgan fingerprint density at radius 1 is 1.12 bits per heavy atom. The molecule has 2 fully saturated rings. The molecule has 0 spiro atoms. The van der Waals surface area contributed by atoms with Crippen molar-refractivity contribution < 1.29 is 13.2 Å². The Labute approximate surface area is 195 Å². The van der Waals surface area contributed by atoms with Gasteiger partial charge in [0.1, 0.15) is 11.6 Å². The second-order valence-corrected chi connectivity index (χ2v) is 10.8. The van der Waals surface area contributed by atoms with Gasteiger partial charge in [0.25, 0.3) is 10.0 Å². The molecule has 4 rings (SSSR count). The van der Waals surface area contributed by atoms with Crippen molar-refractivity contribution in [3.8, 4) is 0 Å². The number of rotatable bonds is 6. The van der Waals surface area contributed by atoms with E-state index in [4.69, 9.17) is 0 Å². The summed E-state index contributed by atoms with van der Waals surface area (Å²) in [5.74, 6) is 1.34. The highest BCUT2D eigenvalue weighted by atomic mass is 32.2. The number of carbonyl (C=O) groups is 1. The largest absolute Gasteiger partial charge is 0.354 e. The van der Waals surface area contributed by atoms with Gasteiger partial charge in [-0.15, -0.1) is 0 Å². The molecule has 1 N–H and O–H groups in total. The number of imidazole rings is 1. The average molecular weight is 476 g/mol. The fraction of sp³-hybridized carbons (Fsp3) is 0.591. The zero-order valence-corrected chi connectivity index (χ0v) is 20.4. The number of nitrogens with one attached hydrogen (secondary N) is 1. The summed E-state index contributed by atoms with van der Waals surface area (Å²) in [6.45, 7) is 6.62. The van der Waals surface area contributed by atoms with Gasteiger partial charge < -0.3 is 19.7 Å². The lowest BCUT2D eigenvalue weighted by atomic mass is 9.97. The molecule has 0 radical (unpaired) electrons. The molecule has 2 aliphatic rings. The number of amides is 1. The van der Waals surface area contributed by atoms with E-state index in [1.54, 1.807) is 24.7 Å². The Morgan fingerprint density at radius 3 is 2.45 bits per heavy atom. The van der Waals surface area contributed by atoms with E-state index in [1.807, 2.05) is 12.1 Å². The van der Waals surface area contributed by atoms with Crippen molar-refractivity contribution in [1.82, 2.24) is 29.1 Å². The lowest BCUT2D eigenvalue weighted by Crippen LogP contribution is -2.45. The number of sulfonamides is 1. The SMILES string of the molecule is Cc1nc(S(=O)(=O)N2CCC(C(=O)NCc3cccnc3N3CCN(C)CC3)CC2)cn1C. The Balaban J connectivity index is 1.32. The summed E-state index contributed by atoms with van der Waals surface area (Å²) in [5, 5.41) is 3.12. The third-order valence-electron chi connectivity index (χ3n) is 6.64. The van der Waals surface area contributed by atoms with Crippen LogP contribution in [-0.4, -0.2) is 84.4 Å². The van der Waals surface area contributed by atoms with Crippen LogP contribution in [-0.2, 0) is 28.4 Å². The molecule has 2 aromatic rings. The van der Waals surface area contributed by atoms with Gasteiger partial charge in [-0.2, -0.15) is 4.31 Å². The molecule has 4 heterocycles. The molecule has 0 unspecified atom stereocenters. The number of hydrogen-bond acceptors (Lipinski definition) is 7. The molecule has 2 saturated heterocycles. The van der Waals surface area contributed by atoms with Crippen LogP contribution in [0, 0.1) is 12.8 Å². The first-order valence-corrected chi connectivity index (χ1v) is 12.8. The number of piperidine rings is 1. The standard InChI is InChI=1S/C22H33N7O3S/c1-17-25-20(16-27(17)3)33(31,32)29-9-6-18(7-10-29)22(30)24-15-19-5-4-8-23-21(19)28-13-11-26(2)12-14-28/h4-5,8,16,18H,6-7,9-15H2,1-3H3,(H,24,30). The van der Waals surface area contributed by atoms with E-state index in [-0.39, 0.29) is 16.9 Å². The Kier molecular flexibility index (Phi) is 7.01. The smallest absolute Gasteiger partial charge is 0.262 e. The van der Waals surface area contributed by atoms with Gasteiger partial charge in [-0.3, -0.25) is 4.79 Å². The van der Waals surface area contributed by atoms with Crippen LogP contribution in [0.15, 0.2) is 29.6 Å². The maximum Gasteiger partial charge on any atom is 0.262 e. The highest BCUT2D eigenvalue weighted by molar-refractivity contribution is 7.89. The van der Waals surface area contributed by atoms with Gasteiger partial charge in [0.2, 0.25) is 5.91 Å².